The monoisotopic (exact) mass is 549 g/mol. The predicted molar refractivity (Wildman–Crippen MR) is 152 cm³/mol. The van der Waals surface area contributed by atoms with E-state index in [1.165, 1.54) is 0 Å². The maximum Gasteiger partial charge on any atom is 0.306 e. The van der Waals surface area contributed by atoms with Gasteiger partial charge in [-0.1, -0.05) is 78.0 Å². The molecule has 1 N–H and O–H groups in total. The molecule has 7 nitrogen and oxygen atoms in total. The van der Waals surface area contributed by atoms with Crippen molar-refractivity contribution in [2.75, 3.05) is 6.26 Å². The number of ether oxygens (including phenoxy) is 1. The molecular weight excluding hydrogens is 502 g/mol. The molecule has 0 bridgehead atoms. The molecule has 3 atom stereocenters. The Morgan fingerprint density at radius 1 is 0.868 bits per heavy atom. The van der Waals surface area contributed by atoms with Crippen LogP contribution in [0.25, 0.3) is 0 Å². The van der Waals surface area contributed by atoms with Gasteiger partial charge in [-0.25, -0.2) is 8.42 Å². The number of sulfone groups is 1. The van der Waals surface area contributed by atoms with Crippen molar-refractivity contribution >= 4 is 27.5 Å². The zero-order valence-electron chi connectivity index (χ0n) is 24.1. The largest absolute Gasteiger partial charge is 0.461 e. The Labute approximate surface area is 229 Å². The number of Topliss-reactive ketones (excluding diaryl/α,β-unsaturated/α-hetero) is 1. The normalized spacial score (nSPS) is 14.6. The van der Waals surface area contributed by atoms with Crippen LogP contribution in [0.3, 0.4) is 0 Å². The Kier molecular flexibility index (Phi) is 14.5. The van der Waals surface area contributed by atoms with E-state index in [0.29, 0.717) is 19.3 Å². The molecule has 38 heavy (non-hydrogen) atoms. The van der Waals surface area contributed by atoms with Crippen LogP contribution in [0.1, 0.15) is 79.2 Å². The maximum absolute atomic E-state index is 13.4. The molecule has 0 heterocycles. The molecule has 1 aromatic rings. The van der Waals surface area contributed by atoms with Gasteiger partial charge in [-0.2, -0.15) is 0 Å². The summed E-state index contributed by atoms with van der Waals surface area (Å²) in [6, 6.07) is 8.64. The number of esters is 1. The van der Waals surface area contributed by atoms with E-state index >= 15 is 0 Å². The summed E-state index contributed by atoms with van der Waals surface area (Å²) in [7, 11) is -3.31. The molecule has 214 valence electrons. The van der Waals surface area contributed by atoms with Crippen LogP contribution >= 0.6 is 0 Å². The SMILES string of the molecule is CC(C)C[C@@H](/C=C/S(C)(=O)=O)CC(=O)[C@H](CC(C)C)NC(=O)[C@@H](CC(=O)OCc1ccccc1)CC(C)C. The molecular formula is C30H47NO6S. The van der Waals surface area contributed by atoms with Crippen molar-refractivity contribution in [1.82, 2.24) is 5.32 Å². The summed E-state index contributed by atoms with van der Waals surface area (Å²) in [4.78, 5) is 39.3. The molecule has 0 saturated carbocycles. The Bertz CT molecular complexity index is 1010. The smallest absolute Gasteiger partial charge is 0.306 e. The van der Waals surface area contributed by atoms with E-state index < -0.39 is 27.8 Å². The van der Waals surface area contributed by atoms with E-state index in [2.05, 4.69) is 5.32 Å². The molecule has 0 fully saturated rings. The van der Waals surface area contributed by atoms with Crippen LogP contribution < -0.4 is 5.32 Å². The number of allylic oxidation sites excluding steroid dienone is 1. The van der Waals surface area contributed by atoms with Crippen molar-refractivity contribution in [2.45, 2.75) is 86.3 Å². The van der Waals surface area contributed by atoms with Gasteiger partial charge in [-0.15, -0.1) is 0 Å². The molecule has 0 aliphatic carbocycles. The average molecular weight is 550 g/mol. The number of benzene rings is 1. The molecule has 0 spiro atoms. The number of rotatable bonds is 17. The first-order valence-electron chi connectivity index (χ1n) is 13.6. The molecule has 0 aromatic heterocycles. The van der Waals surface area contributed by atoms with Crippen LogP contribution in [0, 0.1) is 29.6 Å². The summed E-state index contributed by atoms with van der Waals surface area (Å²) in [6.45, 7) is 12.1. The van der Waals surface area contributed by atoms with Crippen LogP contribution in [-0.4, -0.2) is 38.4 Å². The molecule has 0 unspecified atom stereocenters. The van der Waals surface area contributed by atoms with Gasteiger partial charge in [0.05, 0.1) is 12.5 Å². The molecule has 0 aliphatic heterocycles. The first-order chi connectivity index (χ1) is 17.7. The summed E-state index contributed by atoms with van der Waals surface area (Å²) >= 11 is 0. The Hall–Kier alpha value is -2.48. The van der Waals surface area contributed by atoms with Crippen molar-refractivity contribution in [3.05, 3.63) is 47.4 Å². The van der Waals surface area contributed by atoms with E-state index in [9.17, 15) is 22.8 Å². The maximum atomic E-state index is 13.4. The highest BCUT2D eigenvalue weighted by Gasteiger charge is 2.29. The van der Waals surface area contributed by atoms with E-state index in [1.807, 2.05) is 71.9 Å². The van der Waals surface area contributed by atoms with Crippen LogP contribution in [0.5, 0.6) is 0 Å². The van der Waals surface area contributed by atoms with Crippen molar-refractivity contribution in [2.24, 2.45) is 29.6 Å². The Morgan fingerprint density at radius 2 is 1.45 bits per heavy atom. The lowest BCUT2D eigenvalue weighted by atomic mass is 9.88. The minimum absolute atomic E-state index is 0.0630. The Morgan fingerprint density at radius 3 is 1.97 bits per heavy atom. The van der Waals surface area contributed by atoms with Gasteiger partial charge in [0.2, 0.25) is 5.91 Å². The molecule has 1 amide bonds. The zero-order chi connectivity index (χ0) is 28.9. The quantitative estimate of drug-likeness (QED) is 0.258. The van der Waals surface area contributed by atoms with E-state index in [-0.39, 0.29) is 54.8 Å². The summed E-state index contributed by atoms with van der Waals surface area (Å²) in [5, 5.41) is 4.08. The molecule has 1 rings (SSSR count). The van der Waals surface area contributed by atoms with Crippen molar-refractivity contribution in [3.8, 4) is 0 Å². The minimum atomic E-state index is -3.31. The van der Waals surface area contributed by atoms with Gasteiger partial charge in [0.25, 0.3) is 0 Å². The standard InChI is InChI=1S/C30H47NO6S/c1-21(2)15-25(13-14-38(7,35)36)18-28(32)27(17-23(5)6)31-30(34)26(16-22(3)4)19-29(33)37-20-24-11-9-8-10-12-24/h8-14,21-23,25-27H,15-20H2,1-7H3,(H,31,34)/b14-13+/t25-,26-,27+/m1/s1. The molecule has 0 aliphatic rings. The van der Waals surface area contributed by atoms with Crippen LogP contribution in [0.2, 0.25) is 0 Å². The van der Waals surface area contributed by atoms with Crippen LogP contribution in [0.4, 0.5) is 0 Å². The second-order valence-corrected chi connectivity index (χ2v) is 13.5. The lowest BCUT2D eigenvalue weighted by Crippen LogP contribution is -2.45. The van der Waals surface area contributed by atoms with E-state index in [4.69, 9.17) is 4.74 Å². The average Bonchev–Trinajstić information content (AvgIpc) is 2.79. The third kappa shape index (κ3) is 15.1. The third-order valence-corrected chi connectivity index (χ3v) is 6.68. The van der Waals surface area contributed by atoms with Gasteiger partial charge in [0.1, 0.15) is 6.61 Å². The summed E-state index contributed by atoms with van der Waals surface area (Å²) in [6.07, 6.45) is 4.39. The number of hydrogen-bond donors (Lipinski definition) is 1. The molecule has 1 aromatic carbocycles. The van der Waals surface area contributed by atoms with Gasteiger partial charge in [0, 0.05) is 24.0 Å². The fraction of sp³-hybridized carbons (Fsp3) is 0.633. The highest BCUT2D eigenvalue weighted by molar-refractivity contribution is 7.93. The fourth-order valence-electron chi connectivity index (χ4n) is 4.37. The van der Waals surface area contributed by atoms with Gasteiger partial charge < -0.3 is 10.1 Å². The van der Waals surface area contributed by atoms with Crippen molar-refractivity contribution in [1.29, 1.82) is 0 Å². The summed E-state index contributed by atoms with van der Waals surface area (Å²) in [5.41, 5.74) is 0.870. The predicted octanol–water partition coefficient (Wildman–Crippen LogP) is 5.49. The fourth-order valence-corrected chi connectivity index (χ4v) is 4.88. The number of carbonyl (C=O) groups is 3. The lowest BCUT2D eigenvalue weighted by molar-refractivity contribution is -0.148. The topological polar surface area (TPSA) is 107 Å². The first kappa shape index (κ1) is 33.5. The number of nitrogens with one attached hydrogen (secondary N) is 1. The second-order valence-electron chi connectivity index (χ2n) is 11.6. The van der Waals surface area contributed by atoms with Crippen molar-refractivity contribution < 1.29 is 27.5 Å². The summed E-state index contributed by atoms with van der Waals surface area (Å²) < 4.78 is 28.7. The van der Waals surface area contributed by atoms with Crippen molar-refractivity contribution in [3.63, 3.8) is 0 Å². The number of ketones is 1. The second kappa shape index (κ2) is 16.5. The minimum Gasteiger partial charge on any atom is -0.461 e. The highest BCUT2D eigenvalue weighted by Crippen LogP contribution is 2.22. The van der Waals surface area contributed by atoms with E-state index in [1.54, 1.807) is 6.08 Å². The van der Waals surface area contributed by atoms with Crippen LogP contribution in [0.15, 0.2) is 41.8 Å². The van der Waals surface area contributed by atoms with Crippen LogP contribution in [-0.2, 0) is 35.6 Å². The van der Waals surface area contributed by atoms with Gasteiger partial charge in [-0.3, -0.25) is 14.4 Å². The van der Waals surface area contributed by atoms with Gasteiger partial charge >= 0.3 is 5.97 Å². The summed E-state index contributed by atoms with van der Waals surface area (Å²) in [5.74, 6) is -1.19. The highest BCUT2D eigenvalue weighted by atomic mass is 32.2. The lowest BCUT2D eigenvalue weighted by Gasteiger charge is -2.25. The zero-order valence-corrected chi connectivity index (χ0v) is 24.9. The first-order valence-corrected chi connectivity index (χ1v) is 15.5. The number of carbonyl (C=O) groups excluding carboxylic acids is 3. The van der Waals surface area contributed by atoms with E-state index in [0.717, 1.165) is 17.2 Å². The third-order valence-electron chi connectivity index (χ3n) is 6.03. The molecule has 0 radical (unpaired) electrons. The molecule has 8 heteroatoms. The van der Waals surface area contributed by atoms with Gasteiger partial charge in [0.15, 0.2) is 15.6 Å². The number of hydrogen-bond acceptors (Lipinski definition) is 6. The number of amides is 1. The van der Waals surface area contributed by atoms with Gasteiger partial charge in [-0.05, 0) is 48.5 Å². The Balaban J connectivity index is 2.97. The molecule has 0 saturated heterocycles.